The van der Waals surface area contributed by atoms with Gasteiger partial charge in [0.1, 0.15) is 18.0 Å². The van der Waals surface area contributed by atoms with Crippen molar-refractivity contribution in [3.05, 3.63) is 59.1 Å². The van der Waals surface area contributed by atoms with E-state index in [4.69, 9.17) is 16.3 Å². The Labute approximate surface area is 149 Å². The minimum Gasteiger partial charge on any atom is -0.491 e. The lowest BCUT2D eigenvalue weighted by Gasteiger charge is -2.25. The first kappa shape index (κ1) is 18.6. The summed E-state index contributed by atoms with van der Waals surface area (Å²) in [6.07, 6.45) is 0. The maximum absolute atomic E-state index is 10.5. The monoisotopic (exact) mass is 347 g/mol. The summed E-state index contributed by atoms with van der Waals surface area (Å²) in [6, 6.07) is 15.4. The molecule has 0 amide bonds. The third-order valence-corrected chi connectivity index (χ3v) is 4.04. The Kier molecular flexibility index (Phi) is 5.79. The molecule has 24 heavy (non-hydrogen) atoms. The molecule has 3 nitrogen and oxygen atoms in total. The second-order valence-electron chi connectivity index (χ2n) is 7.42. The molecule has 1 atom stereocenters. The molecule has 0 spiro atoms. The average Bonchev–Trinajstić information content (AvgIpc) is 2.52. The van der Waals surface area contributed by atoms with Gasteiger partial charge in [-0.3, -0.25) is 0 Å². The summed E-state index contributed by atoms with van der Waals surface area (Å²) in [7, 11) is 0. The number of rotatable bonds is 6. The Hall–Kier alpha value is -1.71. The molecule has 0 aliphatic heterocycles. The minimum atomic E-state index is -0.984. The maximum Gasteiger partial charge on any atom is 0.119 e. The zero-order valence-electron chi connectivity index (χ0n) is 14.8. The molecule has 0 heterocycles. The van der Waals surface area contributed by atoms with Gasteiger partial charge in [0, 0.05) is 17.3 Å². The predicted molar refractivity (Wildman–Crippen MR) is 101 cm³/mol. The van der Waals surface area contributed by atoms with Crippen LogP contribution in [-0.4, -0.2) is 23.9 Å². The van der Waals surface area contributed by atoms with Crippen LogP contribution in [-0.2, 0) is 5.41 Å². The van der Waals surface area contributed by atoms with Crippen LogP contribution < -0.4 is 10.1 Å². The summed E-state index contributed by atoms with van der Waals surface area (Å²) in [5.74, 6) is 0.689. The van der Waals surface area contributed by atoms with E-state index in [-0.39, 0.29) is 12.0 Å². The molecule has 0 saturated heterocycles. The normalized spacial score (nSPS) is 14.1. The van der Waals surface area contributed by atoms with Crippen LogP contribution >= 0.6 is 11.6 Å². The second kappa shape index (κ2) is 7.45. The predicted octanol–water partition coefficient (Wildman–Crippen LogP) is 4.88. The van der Waals surface area contributed by atoms with Gasteiger partial charge >= 0.3 is 0 Å². The van der Waals surface area contributed by atoms with Crippen molar-refractivity contribution in [3.63, 3.8) is 0 Å². The van der Waals surface area contributed by atoms with Gasteiger partial charge < -0.3 is 15.2 Å². The Bertz CT molecular complexity index is 643. The highest BCUT2D eigenvalue weighted by Gasteiger charge is 2.21. The lowest BCUT2D eigenvalue weighted by molar-refractivity contribution is 0.0232. The highest BCUT2D eigenvalue weighted by atomic mass is 35.5. The number of ether oxygens (including phenoxy) is 1. The van der Waals surface area contributed by atoms with Crippen molar-refractivity contribution in [1.82, 2.24) is 0 Å². The number of halogens is 1. The first-order valence-corrected chi connectivity index (χ1v) is 8.49. The quantitative estimate of drug-likeness (QED) is 0.782. The molecule has 2 rings (SSSR count). The van der Waals surface area contributed by atoms with Crippen molar-refractivity contribution in [2.24, 2.45) is 0 Å². The molecule has 2 aromatic rings. The summed E-state index contributed by atoms with van der Waals surface area (Å²) in [4.78, 5) is 0. The molecule has 0 bridgehead atoms. The Balaban J connectivity index is 1.86. The molecule has 4 heteroatoms. The summed E-state index contributed by atoms with van der Waals surface area (Å²) in [5.41, 5.74) is 1.42. The summed E-state index contributed by atoms with van der Waals surface area (Å²) >= 11 is 5.84. The number of benzene rings is 2. The molecule has 0 fully saturated rings. The molecule has 2 aromatic carbocycles. The zero-order chi connectivity index (χ0) is 17.8. The number of hydrogen-bond acceptors (Lipinski definition) is 3. The second-order valence-corrected chi connectivity index (χ2v) is 7.86. The molecule has 0 unspecified atom stereocenters. The van der Waals surface area contributed by atoms with Crippen molar-refractivity contribution in [3.8, 4) is 5.75 Å². The average molecular weight is 348 g/mol. The molecule has 0 aliphatic rings. The Morgan fingerprint density at radius 1 is 0.958 bits per heavy atom. The number of hydrogen-bond donors (Lipinski definition) is 2. The van der Waals surface area contributed by atoms with Gasteiger partial charge in [-0.2, -0.15) is 0 Å². The van der Waals surface area contributed by atoms with Crippen LogP contribution in [0, 0.1) is 0 Å². The molecule has 0 aromatic heterocycles. The highest BCUT2D eigenvalue weighted by Crippen LogP contribution is 2.24. The van der Waals surface area contributed by atoms with Gasteiger partial charge in [0.25, 0.3) is 0 Å². The standard InChI is InChI=1S/C20H26ClNO2/c1-19(2,3)15-5-9-17(10-6-15)22-13-20(4,23)14-24-18-11-7-16(21)8-12-18/h5-12,22-23H,13-14H2,1-4H3/t20-/m0/s1. The molecule has 0 aliphatic carbocycles. The largest absolute Gasteiger partial charge is 0.491 e. The first-order valence-electron chi connectivity index (χ1n) is 8.11. The van der Waals surface area contributed by atoms with E-state index >= 15 is 0 Å². The fourth-order valence-electron chi connectivity index (χ4n) is 2.20. The number of nitrogens with one attached hydrogen (secondary N) is 1. The molecule has 0 radical (unpaired) electrons. The van der Waals surface area contributed by atoms with Crippen LogP contribution in [0.15, 0.2) is 48.5 Å². The van der Waals surface area contributed by atoms with Gasteiger partial charge in [0.2, 0.25) is 0 Å². The van der Waals surface area contributed by atoms with E-state index in [1.54, 1.807) is 31.2 Å². The Morgan fingerprint density at radius 2 is 1.54 bits per heavy atom. The van der Waals surface area contributed by atoms with E-state index in [0.29, 0.717) is 17.3 Å². The fraction of sp³-hybridized carbons (Fsp3) is 0.400. The fourth-order valence-corrected chi connectivity index (χ4v) is 2.33. The summed E-state index contributed by atoms with van der Waals surface area (Å²) in [5, 5.41) is 14.4. The third kappa shape index (κ3) is 5.73. The van der Waals surface area contributed by atoms with Crippen LogP contribution in [0.4, 0.5) is 5.69 Å². The van der Waals surface area contributed by atoms with Crippen molar-refractivity contribution in [2.45, 2.75) is 38.7 Å². The van der Waals surface area contributed by atoms with Crippen LogP contribution in [0.1, 0.15) is 33.3 Å². The van der Waals surface area contributed by atoms with Gasteiger partial charge in [0.15, 0.2) is 0 Å². The van der Waals surface area contributed by atoms with Crippen molar-refractivity contribution >= 4 is 17.3 Å². The van der Waals surface area contributed by atoms with Gasteiger partial charge in [-0.05, 0) is 54.3 Å². The topological polar surface area (TPSA) is 41.5 Å². The smallest absolute Gasteiger partial charge is 0.119 e. The number of aliphatic hydroxyl groups is 1. The van der Waals surface area contributed by atoms with Crippen molar-refractivity contribution < 1.29 is 9.84 Å². The van der Waals surface area contributed by atoms with Gasteiger partial charge in [-0.25, -0.2) is 0 Å². The lowest BCUT2D eigenvalue weighted by Crippen LogP contribution is -2.39. The van der Waals surface area contributed by atoms with Gasteiger partial charge in [-0.15, -0.1) is 0 Å². The van der Waals surface area contributed by atoms with Crippen LogP contribution in [0.25, 0.3) is 0 Å². The molecular weight excluding hydrogens is 322 g/mol. The van der Waals surface area contributed by atoms with E-state index in [1.165, 1.54) is 5.56 Å². The first-order chi connectivity index (χ1) is 11.2. The van der Waals surface area contributed by atoms with E-state index < -0.39 is 5.60 Å². The Morgan fingerprint density at radius 3 is 2.08 bits per heavy atom. The van der Waals surface area contributed by atoms with E-state index in [0.717, 1.165) is 5.69 Å². The van der Waals surface area contributed by atoms with Gasteiger partial charge in [-0.1, -0.05) is 44.5 Å². The van der Waals surface area contributed by atoms with Crippen LogP contribution in [0.3, 0.4) is 0 Å². The molecule has 130 valence electrons. The molecule has 2 N–H and O–H groups in total. The van der Waals surface area contributed by atoms with E-state index in [9.17, 15) is 5.11 Å². The molecular formula is C20H26ClNO2. The highest BCUT2D eigenvalue weighted by molar-refractivity contribution is 6.30. The lowest BCUT2D eigenvalue weighted by atomic mass is 9.87. The van der Waals surface area contributed by atoms with Crippen molar-refractivity contribution in [2.75, 3.05) is 18.5 Å². The van der Waals surface area contributed by atoms with Crippen LogP contribution in [0.2, 0.25) is 5.02 Å². The van der Waals surface area contributed by atoms with E-state index in [2.05, 4.69) is 38.2 Å². The van der Waals surface area contributed by atoms with E-state index in [1.807, 2.05) is 12.1 Å². The van der Waals surface area contributed by atoms with Crippen molar-refractivity contribution in [1.29, 1.82) is 0 Å². The maximum atomic E-state index is 10.5. The SMILES string of the molecule is CC(C)(C)c1ccc(NC[C@](C)(O)COc2ccc(Cl)cc2)cc1. The summed E-state index contributed by atoms with van der Waals surface area (Å²) < 4.78 is 5.63. The molecule has 0 saturated carbocycles. The minimum absolute atomic E-state index is 0.135. The number of anilines is 1. The summed E-state index contributed by atoms with van der Waals surface area (Å²) in [6.45, 7) is 8.91. The third-order valence-electron chi connectivity index (χ3n) is 3.79. The van der Waals surface area contributed by atoms with Gasteiger partial charge in [0.05, 0.1) is 0 Å². The van der Waals surface area contributed by atoms with Crippen LogP contribution in [0.5, 0.6) is 5.75 Å². The zero-order valence-corrected chi connectivity index (χ0v) is 15.5.